The Hall–Kier alpha value is -0.830. The van der Waals surface area contributed by atoms with Gasteiger partial charge < -0.3 is 9.40 Å². The van der Waals surface area contributed by atoms with Crippen molar-refractivity contribution in [3.05, 3.63) is 15.6 Å². The third kappa shape index (κ3) is 0.721. The molecule has 0 spiro atoms. The van der Waals surface area contributed by atoms with Gasteiger partial charge in [0.1, 0.15) is 5.42 Å². The largest absolute Gasteiger partial charge is 0.430 e. The summed E-state index contributed by atoms with van der Waals surface area (Å²) in [6.45, 7) is 7.08. The lowest BCUT2D eigenvalue weighted by Gasteiger charge is -1.59. The van der Waals surface area contributed by atoms with Gasteiger partial charge in [-0.2, -0.15) is 0 Å². The van der Waals surface area contributed by atoms with Gasteiger partial charge in [0.25, 0.3) is 4.84 Å². The van der Waals surface area contributed by atoms with Crippen LogP contribution in [0.15, 0.2) is 4.42 Å². The topological polar surface area (TPSA) is 28.9 Å². The lowest BCUT2D eigenvalue weighted by atomic mass is 10.7. The van der Waals surface area contributed by atoms with Gasteiger partial charge in [-0.1, -0.05) is 13.2 Å². The zero-order valence-corrected chi connectivity index (χ0v) is 5.05. The molecule has 0 atom stereocenters. The molecule has 1 N–H and O–H groups in total. The van der Waals surface area contributed by atoms with Crippen LogP contribution in [-0.2, 0) is 0 Å². The molecule has 0 aliphatic heterocycles. The summed E-state index contributed by atoms with van der Waals surface area (Å²) in [6, 6.07) is 0. The summed E-state index contributed by atoms with van der Waals surface area (Å²) in [6.07, 6.45) is 0. The first kappa shape index (κ1) is 5.31. The maximum atomic E-state index is 4.80. The van der Waals surface area contributed by atoms with E-state index >= 15 is 0 Å². The van der Waals surface area contributed by atoms with E-state index in [1.807, 2.05) is 0 Å². The van der Waals surface area contributed by atoms with Crippen LogP contribution < -0.4 is 10.8 Å². The van der Waals surface area contributed by atoms with Crippen LogP contribution >= 0.6 is 12.2 Å². The molecule has 0 aliphatic carbocycles. The van der Waals surface area contributed by atoms with Crippen LogP contribution in [0.3, 0.4) is 0 Å². The van der Waals surface area contributed by atoms with Crippen LogP contribution in [0.1, 0.15) is 0 Å². The molecule has 1 aromatic rings. The van der Waals surface area contributed by atoms with Crippen LogP contribution in [0, 0.1) is 4.84 Å². The van der Waals surface area contributed by atoms with E-state index in [1.54, 1.807) is 0 Å². The zero-order chi connectivity index (χ0) is 6.15. The molecule has 0 amide bonds. The van der Waals surface area contributed by atoms with Crippen LogP contribution in [0.2, 0.25) is 0 Å². The van der Waals surface area contributed by atoms with Crippen molar-refractivity contribution in [2.75, 3.05) is 0 Å². The number of hydrogen-bond donors (Lipinski definition) is 1. The van der Waals surface area contributed by atoms with Crippen molar-refractivity contribution in [3.8, 4) is 0 Å². The highest BCUT2D eigenvalue weighted by molar-refractivity contribution is 7.71. The Labute approximate surface area is 51.2 Å². The van der Waals surface area contributed by atoms with Gasteiger partial charge in [-0.15, -0.1) is 0 Å². The van der Waals surface area contributed by atoms with Gasteiger partial charge in [0.15, 0.2) is 0 Å². The number of H-pyrrole nitrogens is 1. The molecule has 0 aliphatic rings. The Morgan fingerprint density at radius 2 is 2.12 bits per heavy atom. The Kier molecular flexibility index (Phi) is 1.06. The number of hydrogen-bond acceptors (Lipinski definition) is 2. The molecule has 0 saturated carbocycles. The van der Waals surface area contributed by atoms with Crippen LogP contribution in [0.25, 0.3) is 13.2 Å². The number of rotatable bonds is 0. The van der Waals surface area contributed by atoms with E-state index in [0.29, 0.717) is 15.6 Å². The highest BCUT2D eigenvalue weighted by Gasteiger charge is 1.80. The quantitative estimate of drug-likeness (QED) is 0.503. The van der Waals surface area contributed by atoms with E-state index in [-0.39, 0.29) is 0 Å². The van der Waals surface area contributed by atoms with Gasteiger partial charge in [0.05, 0.1) is 5.35 Å². The maximum absolute atomic E-state index is 4.80. The molecular weight excluding hydrogens is 122 g/mol. The Balaban J connectivity index is 3.86. The second kappa shape index (κ2) is 1.59. The maximum Gasteiger partial charge on any atom is 0.266 e. The lowest BCUT2D eigenvalue weighted by molar-refractivity contribution is 0.510. The average Bonchev–Trinajstić information content (AvgIpc) is 1.85. The van der Waals surface area contributed by atoms with Crippen molar-refractivity contribution in [1.29, 1.82) is 0 Å². The van der Waals surface area contributed by atoms with E-state index in [2.05, 4.69) is 30.4 Å². The molecule has 42 valence electrons. The van der Waals surface area contributed by atoms with Gasteiger partial charge in [-0.3, -0.25) is 0 Å². The third-order valence-corrected chi connectivity index (χ3v) is 0.991. The van der Waals surface area contributed by atoms with Gasteiger partial charge in [0, 0.05) is 0 Å². The van der Waals surface area contributed by atoms with Crippen molar-refractivity contribution in [1.82, 2.24) is 4.98 Å². The van der Waals surface area contributed by atoms with E-state index in [9.17, 15) is 0 Å². The molecule has 0 saturated heterocycles. The molecule has 0 bridgehead atoms. The molecule has 0 unspecified atom stereocenters. The molecule has 0 aromatic carbocycles. The van der Waals surface area contributed by atoms with Gasteiger partial charge >= 0.3 is 0 Å². The van der Waals surface area contributed by atoms with Gasteiger partial charge in [0.2, 0.25) is 0 Å². The standard InChI is InChI=1S/C5H5NOS/c1-3-4(2)7-5(8)6-3/h1-2H2,(H,6,8). The molecular formula is C5H5NOS. The first-order chi connectivity index (χ1) is 3.70. The highest BCUT2D eigenvalue weighted by atomic mass is 32.1. The molecule has 3 heteroatoms. The molecule has 8 heavy (non-hydrogen) atoms. The van der Waals surface area contributed by atoms with Gasteiger partial charge in [-0.25, -0.2) is 0 Å². The minimum Gasteiger partial charge on any atom is -0.430 e. The average molecular weight is 127 g/mol. The van der Waals surface area contributed by atoms with Crippen LogP contribution in [0.4, 0.5) is 0 Å². The summed E-state index contributed by atoms with van der Waals surface area (Å²) >= 11 is 4.62. The predicted octanol–water partition coefficient (Wildman–Crippen LogP) is 0.158. The molecule has 0 fully saturated rings. The first-order valence-corrected chi connectivity index (χ1v) is 2.48. The Morgan fingerprint density at radius 1 is 1.50 bits per heavy atom. The fourth-order valence-electron chi connectivity index (χ4n) is 0.392. The summed E-state index contributed by atoms with van der Waals surface area (Å²) in [5.74, 6) is 0. The number of oxazole rings is 1. The molecule has 1 heterocycles. The first-order valence-electron chi connectivity index (χ1n) is 2.07. The Morgan fingerprint density at radius 3 is 2.25 bits per heavy atom. The molecule has 1 aromatic heterocycles. The minimum atomic E-state index is 0.333. The number of aromatic amines is 1. The predicted molar refractivity (Wildman–Crippen MR) is 34.2 cm³/mol. The van der Waals surface area contributed by atoms with Crippen molar-refractivity contribution in [2.45, 2.75) is 0 Å². The SMILES string of the molecule is C=c1[nH]c(=S)oc1=C. The summed E-state index contributed by atoms with van der Waals surface area (Å²) in [5, 5.41) is 0.648. The van der Waals surface area contributed by atoms with Crippen molar-refractivity contribution < 1.29 is 4.42 Å². The molecule has 1 rings (SSSR count). The van der Waals surface area contributed by atoms with E-state index in [1.165, 1.54) is 0 Å². The highest BCUT2D eigenvalue weighted by Crippen LogP contribution is 1.67. The van der Waals surface area contributed by atoms with Gasteiger partial charge in [-0.05, 0) is 12.2 Å². The summed E-state index contributed by atoms with van der Waals surface area (Å²) in [5.41, 5.74) is 0.509. The second-order valence-electron chi connectivity index (χ2n) is 1.42. The minimum absolute atomic E-state index is 0.333. The fraction of sp³-hybridized carbons (Fsp3) is 0. The van der Waals surface area contributed by atoms with Crippen LogP contribution in [-0.4, -0.2) is 4.98 Å². The second-order valence-corrected chi connectivity index (χ2v) is 1.79. The fourth-order valence-corrected chi connectivity index (χ4v) is 0.616. The van der Waals surface area contributed by atoms with Crippen molar-refractivity contribution in [2.24, 2.45) is 0 Å². The van der Waals surface area contributed by atoms with E-state index in [4.69, 9.17) is 4.42 Å². The summed E-state index contributed by atoms with van der Waals surface area (Å²) in [4.78, 5) is 3.02. The number of aromatic nitrogens is 1. The third-order valence-electron chi connectivity index (χ3n) is 0.805. The smallest absolute Gasteiger partial charge is 0.266 e. The van der Waals surface area contributed by atoms with Crippen molar-refractivity contribution >= 4 is 25.4 Å². The summed E-state index contributed by atoms with van der Waals surface area (Å²) < 4.78 is 4.80. The van der Waals surface area contributed by atoms with E-state index < -0.39 is 0 Å². The van der Waals surface area contributed by atoms with Crippen LogP contribution in [0.5, 0.6) is 0 Å². The monoisotopic (exact) mass is 127 g/mol. The van der Waals surface area contributed by atoms with Crippen molar-refractivity contribution in [3.63, 3.8) is 0 Å². The number of nitrogens with one attached hydrogen (secondary N) is 1. The zero-order valence-electron chi connectivity index (χ0n) is 4.23. The normalized spacial score (nSPS) is 9.50. The molecule has 0 radical (unpaired) electrons. The Bertz CT molecular complexity index is 290. The molecule has 2 nitrogen and oxygen atoms in total. The van der Waals surface area contributed by atoms with E-state index in [0.717, 1.165) is 0 Å². The lowest BCUT2D eigenvalue weighted by Crippen LogP contribution is -2.17. The summed E-state index contributed by atoms with van der Waals surface area (Å²) in [7, 11) is 0.